The molecule has 23 N–H and O–H groups in total. The second-order valence-electron chi connectivity index (χ2n) is 10.7. The Labute approximate surface area is 256 Å². The van der Waals surface area contributed by atoms with Gasteiger partial charge in [-0.2, -0.15) is 0 Å². The molecular formula is C22H44N12O11. The first kappa shape index (κ1) is 36.1. The quantitative estimate of drug-likeness (QED) is 0.0769. The molecule has 3 rings (SSSR count). The second-order valence-corrected chi connectivity index (χ2v) is 10.7. The molecule has 2 saturated heterocycles. The van der Waals surface area contributed by atoms with Crippen molar-refractivity contribution >= 4 is 23.8 Å². The lowest BCUT2D eigenvalue weighted by Gasteiger charge is -2.49. The van der Waals surface area contributed by atoms with Gasteiger partial charge in [-0.1, -0.05) is 0 Å². The van der Waals surface area contributed by atoms with Crippen LogP contribution in [0.4, 0.5) is 0 Å². The van der Waals surface area contributed by atoms with Gasteiger partial charge < -0.3 is 100 Å². The van der Waals surface area contributed by atoms with Crippen LogP contribution in [0.25, 0.3) is 0 Å². The van der Waals surface area contributed by atoms with Crippen molar-refractivity contribution in [2.45, 2.75) is 98.2 Å². The second kappa shape index (κ2) is 15.3. The average Bonchev–Trinajstić information content (AvgIpc) is 2.95. The van der Waals surface area contributed by atoms with Crippen molar-refractivity contribution in [2.24, 2.45) is 55.1 Å². The van der Waals surface area contributed by atoms with Crippen molar-refractivity contribution in [3.8, 4) is 0 Å². The Hall–Kier alpha value is -3.36. The molecule has 0 radical (unpaired) electrons. The van der Waals surface area contributed by atoms with Crippen molar-refractivity contribution < 1.29 is 54.7 Å². The van der Waals surface area contributed by atoms with Crippen LogP contribution < -0.4 is 45.5 Å². The van der Waals surface area contributed by atoms with Gasteiger partial charge in [0, 0.05) is 0 Å². The third-order valence-electron chi connectivity index (χ3n) is 7.45. The van der Waals surface area contributed by atoms with Crippen LogP contribution in [-0.4, -0.2) is 164 Å². The summed E-state index contributed by atoms with van der Waals surface area (Å²) in [6.45, 7) is -1.12. The monoisotopic (exact) mass is 652 g/mol. The molecule has 1 aliphatic carbocycles. The van der Waals surface area contributed by atoms with Gasteiger partial charge >= 0.3 is 0 Å². The van der Waals surface area contributed by atoms with Crippen molar-refractivity contribution in [1.82, 2.24) is 5.32 Å². The number of nitrogens with zero attached hydrogens (tertiary/aromatic N) is 3. The van der Waals surface area contributed by atoms with Gasteiger partial charge in [0.15, 0.2) is 36.4 Å². The molecule has 0 aromatic heterocycles. The number of aliphatic hydroxyl groups excluding tert-OH is 7. The first-order chi connectivity index (χ1) is 21.0. The Morgan fingerprint density at radius 2 is 1.29 bits per heavy atom. The van der Waals surface area contributed by atoms with E-state index < -0.39 is 116 Å². The zero-order valence-electron chi connectivity index (χ0n) is 23.9. The highest BCUT2D eigenvalue weighted by Crippen LogP contribution is 2.35. The molecular weight excluding hydrogens is 608 g/mol. The standard InChI is InChI=1S/C22H44N12O11/c23-19(24)31-2-6-10(37)12(39)8(34-22(29)30)17(42-6)44-15-5(33-21(27)28)1-4(32-20(25)26)9(36)16(15)45-18-14(41)13(40)11(38)7(3-35)43-18/h4-18,35-41H,1-3H2,(H4,23,24,31)(H4,25,26,32)(H4,27,28,33)(H4,29,30,34)/t4-,5+,6+,7+,8+,9+,10+,11+,12+,13-,14+,15-,16-,17+,18-/m0/s1. The summed E-state index contributed by atoms with van der Waals surface area (Å²) in [5.74, 6) is -1.85. The smallest absolute Gasteiger partial charge is 0.187 e. The van der Waals surface area contributed by atoms with Gasteiger partial charge in [0.2, 0.25) is 0 Å². The maximum Gasteiger partial charge on any atom is 0.187 e. The minimum atomic E-state index is -1.90. The van der Waals surface area contributed by atoms with Crippen LogP contribution in [0.1, 0.15) is 6.42 Å². The van der Waals surface area contributed by atoms with E-state index in [1.807, 2.05) is 0 Å². The Morgan fingerprint density at radius 3 is 1.84 bits per heavy atom. The number of aliphatic imine (C=N–C) groups is 3. The molecule has 2 heterocycles. The predicted octanol–water partition coefficient (Wildman–Crippen LogP) is -9.82. The molecule has 3 fully saturated rings. The van der Waals surface area contributed by atoms with Crippen molar-refractivity contribution in [3.05, 3.63) is 0 Å². The number of hydrogen-bond acceptors (Lipinski definition) is 15. The molecule has 23 nitrogen and oxygen atoms in total. The molecule has 2 aliphatic heterocycles. The fourth-order valence-corrected chi connectivity index (χ4v) is 5.34. The summed E-state index contributed by atoms with van der Waals surface area (Å²) in [6.07, 6.45) is -19.8. The van der Waals surface area contributed by atoms with E-state index in [2.05, 4.69) is 20.3 Å². The first-order valence-electron chi connectivity index (χ1n) is 13.7. The molecule has 1 saturated carbocycles. The molecule has 23 heteroatoms. The summed E-state index contributed by atoms with van der Waals surface area (Å²) >= 11 is 0. The minimum absolute atomic E-state index is 0.153. The van der Waals surface area contributed by atoms with Crippen molar-refractivity contribution in [1.29, 1.82) is 5.41 Å². The zero-order chi connectivity index (χ0) is 33.7. The van der Waals surface area contributed by atoms with Gasteiger partial charge in [0.05, 0.1) is 25.2 Å². The van der Waals surface area contributed by atoms with E-state index in [1.54, 1.807) is 0 Å². The summed E-state index contributed by atoms with van der Waals surface area (Å²) in [5, 5.41) is 84.0. The summed E-state index contributed by atoms with van der Waals surface area (Å²) in [5.41, 5.74) is 38.8. The number of aliphatic hydroxyl groups is 7. The minimum Gasteiger partial charge on any atom is -0.394 e. The largest absolute Gasteiger partial charge is 0.394 e. The number of ether oxygens (including phenoxy) is 4. The van der Waals surface area contributed by atoms with E-state index in [1.165, 1.54) is 0 Å². The van der Waals surface area contributed by atoms with Crippen LogP contribution in [0.5, 0.6) is 0 Å². The Morgan fingerprint density at radius 1 is 0.711 bits per heavy atom. The Balaban J connectivity index is 2.07. The highest BCUT2D eigenvalue weighted by Gasteiger charge is 2.54. The maximum absolute atomic E-state index is 11.4. The summed E-state index contributed by atoms with van der Waals surface area (Å²) in [6, 6.07) is -3.71. The molecule has 45 heavy (non-hydrogen) atoms. The molecule has 0 aromatic rings. The lowest BCUT2D eigenvalue weighted by Crippen LogP contribution is -2.67. The van der Waals surface area contributed by atoms with Gasteiger partial charge in [-0.25, -0.2) is 9.98 Å². The summed E-state index contributed by atoms with van der Waals surface area (Å²) in [7, 11) is 0. The SMILES string of the molecule is N=C(N)N[C@H]1C[C@@H](N=C(N)N)[C@H](O[C@H]2O[C@H](CN=C(N)N)[C@@H](O)[C@H](O)[C@H]2N=C(N)N)[C@@H](O[C@@H]2O[C@H](CO)[C@@H](O)[C@H](O)[C@H]2O)[C@@H]1O. The number of guanidine groups is 4. The fraction of sp³-hybridized carbons (Fsp3) is 0.818. The van der Waals surface area contributed by atoms with Crippen LogP contribution in [0, 0.1) is 5.41 Å². The third-order valence-corrected chi connectivity index (χ3v) is 7.45. The molecule has 0 spiro atoms. The molecule has 0 amide bonds. The number of rotatable bonds is 10. The van der Waals surface area contributed by atoms with Gasteiger partial charge in [-0.15, -0.1) is 0 Å². The van der Waals surface area contributed by atoms with E-state index in [9.17, 15) is 35.7 Å². The average molecular weight is 653 g/mol. The van der Waals surface area contributed by atoms with Crippen LogP contribution in [0.3, 0.4) is 0 Å². The maximum atomic E-state index is 11.4. The van der Waals surface area contributed by atoms with Crippen LogP contribution in [-0.2, 0) is 18.9 Å². The van der Waals surface area contributed by atoms with E-state index >= 15 is 0 Å². The summed E-state index contributed by atoms with van der Waals surface area (Å²) in [4.78, 5) is 11.9. The van der Waals surface area contributed by atoms with Gasteiger partial charge in [-0.3, -0.25) is 10.4 Å². The number of nitrogens with two attached hydrogens (primary N) is 7. The summed E-state index contributed by atoms with van der Waals surface area (Å²) < 4.78 is 23.4. The lowest BCUT2D eigenvalue weighted by molar-refractivity contribution is -0.342. The van der Waals surface area contributed by atoms with Crippen molar-refractivity contribution in [3.63, 3.8) is 0 Å². The van der Waals surface area contributed by atoms with Crippen LogP contribution in [0.15, 0.2) is 15.0 Å². The normalized spacial score (nSPS) is 41.8. The van der Waals surface area contributed by atoms with E-state index in [0.29, 0.717) is 0 Å². The molecule has 0 bridgehead atoms. The third kappa shape index (κ3) is 8.67. The zero-order valence-corrected chi connectivity index (χ0v) is 23.9. The molecule has 0 aromatic carbocycles. The number of hydrogen-bond donors (Lipinski definition) is 16. The van der Waals surface area contributed by atoms with Gasteiger partial charge in [-0.05, 0) is 6.42 Å². The highest BCUT2D eigenvalue weighted by atomic mass is 16.7. The Kier molecular flexibility index (Phi) is 12.3. The lowest BCUT2D eigenvalue weighted by atomic mass is 9.83. The van der Waals surface area contributed by atoms with Gasteiger partial charge in [0.25, 0.3) is 0 Å². The van der Waals surface area contributed by atoms with Crippen molar-refractivity contribution in [2.75, 3.05) is 13.2 Å². The molecule has 3 aliphatic rings. The van der Waals surface area contributed by atoms with E-state index in [0.717, 1.165) is 0 Å². The number of nitrogens with one attached hydrogen (secondary N) is 2. The molecule has 258 valence electrons. The predicted molar refractivity (Wildman–Crippen MR) is 154 cm³/mol. The fourth-order valence-electron chi connectivity index (χ4n) is 5.34. The molecule has 15 atom stereocenters. The first-order valence-corrected chi connectivity index (χ1v) is 13.7. The van der Waals surface area contributed by atoms with E-state index in [4.69, 9.17) is 64.5 Å². The highest BCUT2D eigenvalue weighted by molar-refractivity contribution is 5.77. The topological polar surface area (TPSA) is 434 Å². The Bertz CT molecular complexity index is 1090. The molecule has 0 unspecified atom stereocenters. The van der Waals surface area contributed by atoms with Crippen LogP contribution in [0.2, 0.25) is 0 Å². The van der Waals surface area contributed by atoms with E-state index in [-0.39, 0.29) is 18.9 Å². The van der Waals surface area contributed by atoms with Crippen LogP contribution >= 0.6 is 0 Å². The van der Waals surface area contributed by atoms with Gasteiger partial charge in [0.1, 0.15) is 67.1 Å².